The molecular weight excluding hydrogens is 402 g/mol. The van der Waals surface area contributed by atoms with Crippen LogP contribution < -0.4 is 40.4 Å². The molecule has 0 saturated heterocycles. The van der Waals surface area contributed by atoms with E-state index in [-0.39, 0.29) is 41.2 Å². The maximum Gasteiger partial charge on any atom is 1.00 e. The monoisotopic (exact) mass is 421 g/mol. The van der Waals surface area contributed by atoms with Crippen LogP contribution in [0.2, 0.25) is 0 Å². The Morgan fingerprint density at radius 2 is 1.55 bits per heavy atom. The van der Waals surface area contributed by atoms with Gasteiger partial charge >= 0.3 is 41.7 Å². The molecular formula is C19H19F3NNaO5. The fraction of sp³-hybridized carbons (Fsp3) is 0.263. The summed E-state index contributed by atoms with van der Waals surface area (Å²) in [5, 5.41) is 17.6. The number of carboxylic acids is 2. The van der Waals surface area contributed by atoms with E-state index in [4.69, 9.17) is 25.5 Å². The summed E-state index contributed by atoms with van der Waals surface area (Å²) in [5.41, 5.74) is 8.44. The SMILES string of the molecule is N[C@H](COCc1ccc(C(=O)O)cc1)Cc1ccccc1.O=C([O-])C(F)(F)F.[Na+]. The smallest absolute Gasteiger partial charge is 0.542 e. The van der Waals surface area contributed by atoms with Gasteiger partial charge in [0.2, 0.25) is 0 Å². The van der Waals surface area contributed by atoms with Crippen LogP contribution in [0.5, 0.6) is 0 Å². The first-order valence-corrected chi connectivity index (χ1v) is 8.07. The van der Waals surface area contributed by atoms with Gasteiger partial charge in [-0.05, 0) is 29.7 Å². The number of carbonyl (C=O) groups excluding carboxylic acids is 1. The molecule has 1 atom stereocenters. The fourth-order valence-electron chi connectivity index (χ4n) is 2.05. The van der Waals surface area contributed by atoms with Crippen molar-refractivity contribution in [3.8, 4) is 0 Å². The maximum atomic E-state index is 10.7. The molecule has 0 saturated carbocycles. The molecule has 10 heteroatoms. The van der Waals surface area contributed by atoms with Crippen molar-refractivity contribution in [1.29, 1.82) is 0 Å². The van der Waals surface area contributed by atoms with Crippen LogP contribution in [0, 0.1) is 0 Å². The molecule has 0 bridgehead atoms. The van der Waals surface area contributed by atoms with Crippen LogP contribution in [-0.4, -0.2) is 35.9 Å². The first-order chi connectivity index (χ1) is 13.1. The normalized spacial score (nSPS) is 11.4. The number of nitrogens with two attached hydrogens (primary N) is 1. The minimum absolute atomic E-state index is 0. The Bertz CT molecular complexity index is 755. The van der Waals surface area contributed by atoms with Crippen LogP contribution in [0.25, 0.3) is 0 Å². The molecule has 152 valence electrons. The van der Waals surface area contributed by atoms with Gasteiger partial charge in [0.05, 0.1) is 18.8 Å². The summed E-state index contributed by atoms with van der Waals surface area (Å²) >= 11 is 0. The van der Waals surface area contributed by atoms with E-state index in [1.165, 1.54) is 5.56 Å². The Balaban J connectivity index is 0.000000846. The van der Waals surface area contributed by atoms with Gasteiger partial charge in [0.15, 0.2) is 0 Å². The molecule has 0 fully saturated rings. The van der Waals surface area contributed by atoms with Crippen molar-refractivity contribution >= 4 is 11.9 Å². The molecule has 2 rings (SSSR count). The molecule has 0 spiro atoms. The average molecular weight is 421 g/mol. The van der Waals surface area contributed by atoms with Gasteiger partial charge in [-0.15, -0.1) is 0 Å². The summed E-state index contributed by atoms with van der Waals surface area (Å²) in [6.45, 7) is 0.901. The summed E-state index contributed by atoms with van der Waals surface area (Å²) in [6, 6.07) is 16.7. The largest absolute Gasteiger partial charge is 1.00 e. The van der Waals surface area contributed by atoms with E-state index in [9.17, 15) is 18.0 Å². The number of aliphatic carboxylic acids is 1. The zero-order valence-electron chi connectivity index (χ0n) is 15.7. The van der Waals surface area contributed by atoms with E-state index >= 15 is 0 Å². The van der Waals surface area contributed by atoms with Crippen LogP contribution in [0.4, 0.5) is 13.2 Å². The zero-order chi connectivity index (χ0) is 21.2. The molecule has 0 amide bonds. The van der Waals surface area contributed by atoms with E-state index in [1.807, 2.05) is 30.3 Å². The van der Waals surface area contributed by atoms with Crippen molar-refractivity contribution in [3.63, 3.8) is 0 Å². The van der Waals surface area contributed by atoms with Gasteiger partial charge in [-0.2, -0.15) is 13.2 Å². The standard InChI is InChI=1S/C17H19NO3.C2HF3O2.Na/c18-16(10-13-4-2-1-3-5-13)12-21-11-14-6-8-15(9-7-14)17(19)20;3-2(4,5)1(6)7;/h1-9,16H,10-12,18H2,(H,19,20);(H,6,7);/q;;+1/p-1/t16-;;/m0../s1. The molecule has 0 unspecified atom stereocenters. The van der Waals surface area contributed by atoms with Crippen LogP contribution in [-0.2, 0) is 22.6 Å². The number of hydrogen-bond donors (Lipinski definition) is 2. The van der Waals surface area contributed by atoms with Gasteiger partial charge < -0.3 is 25.5 Å². The van der Waals surface area contributed by atoms with Crippen molar-refractivity contribution in [2.45, 2.75) is 25.2 Å². The molecule has 0 heterocycles. The topological polar surface area (TPSA) is 113 Å². The van der Waals surface area contributed by atoms with Gasteiger partial charge in [0.1, 0.15) is 5.97 Å². The van der Waals surface area contributed by atoms with Gasteiger partial charge in [-0.1, -0.05) is 42.5 Å². The molecule has 29 heavy (non-hydrogen) atoms. The van der Waals surface area contributed by atoms with Crippen LogP contribution in [0.15, 0.2) is 54.6 Å². The third kappa shape index (κ3) is 11.6. The molecule has 2 aromatic rings. The van der Waals surface area contributed by atoms with Crippen LogP contribution >= 0.6 is 0 Å². The Morgan fingerprint density at radius 1 is 1.03 bits per heavy atom. The maximum absolute atomic E-state index is 10.7. The third-order valence-corrected chi connectivity index (χ3v) is 3.37. The second-order valence-electron chi connectivity index (χ2n) is 5.75. The number of carbonyl (C=O) groups is 2. The van der Waals surface area contributed by atoms with Gasteiger partial charge in [-0.3, -0.25) is 0 Å². The number of ether oxygens (including phenoxy) is 1. The van der Waals surface area contributed by atoms with Crippen molar-refractivity contribution < 1.29 is 67.3 Å². The first-order valence-electron chi connectivity index (χ1n) is 8.07. The van der Waals surface area contributed by atoms with Crippen molar-refractivity contribution in [2.24, 2.45) is 5.73 Å². The van der Waals surface area contributed by atoms with E-state index in [0.29, 0.717) is 13.2 Å². The van der Waals surface area contributed by atoms with Gasteiger partial charge in [-0.25, -0.2) is 4.79 Å². The Morgan fingerprint density at radius 3 is 2.00 bits per heavy atom. The molecule has 6 nitrogen and oxygen atoms in total. The van der Waals surface area contributed by atoms with Crippen molar-refractivity contribution in [1.82, 2.24) is 0 Å². The number of hydrogen-bond acceptors (Lipinski definition) is 5. The third-order valence-electron chi connectivity index (χ3n) is 3.37. The summed E-state index contributed by atoms with van der Waals surface area (Å²) < 4.78 is 37.1. The Labute approximate surface area is 187 Å². The number of alkyl halides is 3. The van der Waals surface area contributed by atoms with Crippen molar-refractivity contribution in [2.75, 3.05) is 6.61 Å². The summed E-state index contributed by atoms with van der Waals surface area (Å²) in [5.74, 6) is -3.93. The van der Waals surface area contributed by atoms with Gasteiger partial charge in [0.25, 0.3) is 0 Å². The number of rotatable bonds is 7. The first kappa shape index (κ1) is 27.1. The predicted octanol–water partition coefficient (Wildman–Crippen LogP) is -1.23. The molecule has 0 aliphatic heterocycles. The summed E-state index contributed by atoms with van der Waals surface area (Å²) in [6.07, 6.45) is -4.42. The molecule has 0 aliphatic rings. The van der Waals surface area contributed by atoms with Crippen LogP contribution in [0.3, 0.4) is 0 Å². The molecule has 2 aromatic carbocycles. The molecule has 3 N–H and O–H groups in total. The average Bonchev–Trinajstić information content (AvgIpc) is 2.62. The number of carboxylic acid groups (broad SMARTS) is 2. The van der Waals surface area contributed by atoms with E-state index in [0.717, 1.165) is 12.0 Å². The van der Waals surface area contributed by atoms with E-state index in [1.54, 1.807) is 24.3 Å². The van der Waals surface area contributed by atoms with E-state index < -0.39 is 18.1 Å². The van der Waals surface area contributed by atoms with E-state index in [2.05, 4.69) is 0 Å². The number of halogens is 3. The van der Waals surface area contributed by atoms with Gasteiger partial charge in [0, 0.05) is 6.04 Å². The zero-order valence-corrected chi connectivity index (χ0v) is 17.7. The predicted molar refractivity (Wildman–Crippen MR) is 92.2 cm³/mol. The molecule has 0 aliphatic carbocycles. The molecule has 0 aromatic heterocycles. The Kier molecular flexibility index (Phi) is 12.5. The minimum atomic E-state index is -5.19. The number of aromatic carboxylic acids is 1. The Hall–Kier alpha value is -1.91. The second-order valence-corrected chi connectivity index (χ2v) is 5.75. The molecule has 0 radical (unpaired) electrons. The summed E-state index contributed by atoms with van der Waals surface area (Å²) in [7, 11) is 0. The summed E-state index contributed by atoms with van der Waals surface area (Å²) in [4.78, 5) is 19.5. The quantitative estimate of drug-likeness (QED) is 0.542. The minimum Gasteiger partial charge on any atom is -0.542 e. The fourth-order valence-corrected chi connectivity index (χ4v) is 2.05. The number of benzene rings is 2. The second kappa shape index (κ2) is 13.3. The van der Waals surface area contributed by atoms with Crippen molar-refractivity contribution in [3.05, 3.63) is 71.3 Å². The van der Waals surface area contributed by atoms with Crippen LogP contribution in [0.1, 0.15) is 21.5 Å².